The average Bonchev–Trinajstić information content (AvgIpc) is 2.98. The minimum Gasteiger partial charge on any atom is -0.410 e. The molecule has 4 heterocycles. The molecular formula is C19H25N3O3. The van der Waals surface area contributed by atoms with Crippen molar-refractivity contribution in [3.8, 4) is 5.75 Å². The first kappa shape index (κ1) is 15.6. The molecule has 6 nitrogen and oxygen atoms in total. The zero-order chi connectivity index (χ0) is 16.8. The molecule has 3 unspecified atom stereocenters. The van der Waals surface area contributed by atoms with Crippen molar-refractivity contribution in [3.05, 3.63) is 29.3 Å². The maximum absolute atomic E-state index is 12.8. The molecule has 3 saturated heterocycles. The topological polar surface area (TPSA) is 54.0 Å². The lowest BCUT2D eigenvalue weighted by Gasteiger charge is -2.44. The van der Waals surface area contributed by atoms with E-state index in [4.69, 9.17) is 9.47 Å². The fourth-order valence-electron chi connectivity index (χ4n) is 4.85. The lowest BCUT2D eigenvalue weighted by molar-refractivity contribution is -0.0576. The molecule has 0 spiro atoms. The van der Waals surface area contributed by atoms with Crippen molar-refractivity contribution in [1.82, 2.24) is 15.1 Å². The first-order chi connectivity index (χ1) is 12.3. The molecule has 5 rings (SSSR count). The lowest BCUT2D eigenvalue weighted by Crippen LogP contribution is -2.58. The number of nitrogens with zero attached hydrogens (tertiary/aromatic N) is 2. The summed E-state index contributed by atoms with van der Waals surface area (Å²) in [5, 5.41) is 3.46. The van der Waals surface area contributed by atoms with Gasteiger partial charge in [0.15, 0.2) is 0 Å². The Morgan fingerprint density at radius 2 is 2.08 bits per heavy atom. The van der Waals surface area contributed by atoms with Gasteiger partial charge in [0.1, 0.15) is 5.75 Å². The summed E-state index contributed by atoms with van der Waals surface area (Å²) in [6.07, 6.45) is 2.99. The van der Waals surface area contributed by atoms with Gasteiger partial charge >= 0.3 is 6.09 Å². The Kier molecular flexibility index (Phi) is 3.91. The zero-order valence-electron chi connectivity index (χ0n) is 14.4. The summed E-state index contributed by atoms with van der Waals surface area (Å²) in [6.45, 7) is 5.36. The number of benzene rings is 1. The van der Waals surface area contributed by atoms with Crippen molar-refractivity contribution in [2.24, 2.45) is 0 Å². The van der Waals surface area contributed by atoms with E-state index in [0.29, 0.717) is 25.0 Å². The second-order valence-corrected chi connectivity index (χ2v) is 7.60. The van der Waals surface area contributed by atoms with E-state index in [9.17, 15) is 4.79 Å². The molecule has 4 aliphatic heterocycles. The number of rotatable bonds is 1. The Balaban J connectivity index is 1.33. The molecule has 3 fully saturated rings. The van der Waals surface area contributed by atoms with Gasteiger partial charge in [0.2, 0.25) is 0 Å². The molecule has 1 aromatic rings. The number of morpholine rings is 1. The highest BCUT2D eigenvalue weighted by atomic mass is 16.6. The number of fused-ring (bicyclic) bond motifs is 5. The van der Waals surface area contributed by atoms with Gasteiger partial charge in [-0.25, -0.2) is 4.79 Å². The second kappa shape index (κ2) is 6.27. The third kappa shape index (κ3) is 2.72. The smallest absolute Gasteiger partial charge is 0.410 e. The monoisotopic (exact) mass is 343 g/mol. The highest BCUT2D eigenvalue weighted by Gasteiger charge is 2.39. The predicted octanol–water partition coefficient (Wildman–Crippen LogP) is 1.90. The maximum Gasteiger partial charge on any atom is 0.415 e. The van der Waals surface area contributed by atoms with Crippen molar-refractivity contribution in [2.45, 2.75) is 43.9 Å². The molecule has 0 aromatic heterocycles. The number of carbonyl (C=O) groups excluding carboxylic acids is 1. The van der Waals surface area contributed by atoms with Crippen molar-refractivity contribution < 1.29 is 14.3 Å². The van der Waals surface area contributed by atoms with Crippen LogP contribution in [0.5, 0.6) is 5.75 Å². The molecule has 1 aromatic carbocycles. The predicted molar refractivity (Wildman–Crippen MR) is 92.6 cm³/mol. The van der Waals surface area contributed by atoms with Crippen LogP contribution in [0.15, 0.2) is 18.2 Å². The van der Waals surface area contributed by atoms with E-state index in [1.54, 1.807) is 0 Å². The Labute approximate surface area is 148 Å². The van der Waals surface area contributed by atoms with Gasteiger partial charge in [-0.05, 0) is 42.5 Å². The van der Waals surface area contributed by atoms with E-state index in [1.165, 1.54) is 17.5 Å². The third-order valence-corrected chi connectivity index (χ3v) is 6.10. The number of ether oxygens (including phenoxy) is 2. The van der Waals surface area contributed by atoms with Gasteiger partial charge in [0, 0.05) is 32.2 Å². The summed E-state index contributed by atoms with van der Waals surface area (Å²) in [5.74, 6) is 0.668. The first-order valence-corrected chi connectivity index (χ1v) is 9.45. The SMILES string of the molecule is O=C(Oc1ccc2c(c1)CN1CCNCC21)N1C2CCCC1COC2. The van der Waals surface area contributed by atoms with Crippen molar-refractivity contribution >= 4 is 6.09 Å². The van der Waals surface area contributed by atoms with Crippen molar-refractivity contribution in [3.63, 3.8) is 0 Å². The third-order valence-electron chi connectivity index (χ3n) is 6.10. The highest BCUT2D eigenvalue weighted by Crippen LogP contribution is 2.36. The molecule has 3 atom stereocenters. The van der Waals surface area contributed by atoms with Crippen LogP contribution < -0.4 is 10.1 Å². The van der Waals surface area contributed by atoms with Crippen LogP contribution in [0, 0.1) is 0 Å². The lowest BCUT2D eigenvalue weighted by atomic mass is 9.95. The molecule has 134 valence electrons. The summed E-state index contributed by atoms with van der Waals surface area (Å²) < 4.78 is 11.4. The van der Waals surface area contributed by atoms with Gasteiger partial charge in [-0.15, -0.1) is 0 Å². The second-order valence-electron chi connectivity index (χ2n) is 7.60. The molecule has 25 heavy (non-hydrogen) atoms. The quantitative estimate of drug-likeness (QED) is 0.844. The van der Waals surface area contributed by atoms with E-state index in [1.807, 2.05) is 11.0 Å². The molecule has 0 radical (unpaired) electrons. The Morgan fingerprint density at radius 1 is 1.24 bits per heavy atom. The van der Waals surface area contributed by atoms with Crippen LogP contribution in [0.4, 0.5) is 4.79 Å². The van der Waals surface area contributed by atoms with Crippen LogP contribution in [-0.4, -0.2) is 60.8 Å². The Bertz CT molecular complexity index is 658. The van der Waals surface area contributed by atoms with Crippen LogP contribution in [0.3, 0.4) is 0 Å². The molecule has 1 N–H and O–H groups in total. The van der Waals surface area contributed by atoms with E-state index < -0.39 is 0 Å². The normalized spacial score (nSPS) is 31.4. The van der Waals surface area contributed by atoms with Gasteiger partial charge in [-0.3, -0.25) is 9.80 Å². The molecule has 6 heteroatoms. The minimum absolute atomic E-state index is 0.175. The van der Waals surface area contributed by atoms with Crippen molar-refractivity contribution in [1.29, 1.82) is 0 Å². The molecule has 2 bridgehead atoms. The van der Waals surface area contributed by atoms with Gasteiger partial charge in [0.05, 0.1) is 25.3 Å². The molecule has 4 aliphatic rings. The molecular weight excluding hydrogens is 318 g/mol. The van der Waals surface area contributed by atoms with E-state index >= 15 is 0 Å². The summed E-state index contributed by atoms with van der Waals surface area (Å²) in [7, 11) is 0. The fourth-order valence-corrected chi connectivity index (χ4v) is 4.85. The van der Waals surface area contributed by atoms with Crippen molar-refractivity contribution in [2.75, 3.05) is 32.8 Å². The standard InChI is InChI=1S/C19H25N3O3/c23-19(22-14-2-1-3-15(22)12-24-11-14)25-16-4-5-17-13(8-16)10-21-7-6-20-9-18(17)21/h4-5,8,14-15,18,20H,1-3,6-7,9-12H2. The Hall–Kier alpha value is -1.63. The van der Waals surface area contributed by atoms with Gasteiger partial charge in [-0.1, -0.05) is 6.07 Å². The van der Waals surface area contributed by atoms with E-state index in [2.05, 4.69) is 22.3 Å². The highest BCUT2D eigenvalue weighted by molar-refractivity contribution is 5.72. The molecule has 0 aliphatic carbocycles. The first-order valence-electron chi connectivity index (χ1n) is 9.45. The largest absolute Gasteiger partial charge is 0.415 e. The number of amides is 1. The number of hydrogen-bond acceptors (Lipinski definition) is 5. The average molecular weight is 343 g/mol. The summed E-state index contributed by atoms with van der Waals surface area (Å²) in [4.78, 5) is 17.2. The number of piperidine rings is 1. The maximum atomic E-state index is 12.8. The minimum atomic E-state index is -0.213. The number of hydrogen-bond donors (Lipinski definition) is 1. The van der Waals surface area contributed by atoms with Gasteiger partial charge in [-0.2, -0.15) is 0 Å². The number of nitrogens with one attached hydrogen (secondary N) is 1. The number of carbonyl (C=O) groups is 1. The zero-order valence-corrected chi connectivity index (χ0v) is 14.4. The van der Waals surface area contributed by atoms with Crippen LogP contribution in [-0.2, 0) is 11.3 Å². The summed E-state index contributed by atoms with van der Waals surface area (Å²) >= 11 is 0. The van der Waals surface area contributed by atoms with Gasteiger partial charge in [0.25, 0.3) is 0 Å². The fraction of sp³-hybridized carbons (Fsp3) is 0.632. The molecule has 1 amide bonds. The van der Waals surface area contributed by atoms with Crippen LogP contribution >= 0.6 is 0 Å². The van der Waals surface area contributed by atoms with E-state index in [-0.39, 0.29) is 18.2 Å². The van der Waals surface area contributed by atoms with Crippen LogP contribution in [0.1, 0.15) is 36.4 Å². The van der Waals surface area contributed by atoms with Crippen LogP contribution in [0.25, 0.3) is 0 Å². The molecule has 0 saturated carbocycles. The van der Waals surface area contributed by atoms with Crippen LogP contribution in [0.2, 0.25) is 0 Å². The van der Waals surface area contributed by atoms with Gasteiger partial charge < -0.3 is 14.8 Å². The van der Waals surface area contributed by atoms with E-state index in [0.717, 1.165) is 39.0 Å². The number of piperazine rings is 1. The summed E-state index contributed by atoms with van der Waals surface area (Å²) in [5.41, 5.74) is 2.66. The Morgan fingerprint density at radius 3 is 2.92 bits per heavy atom. The summed E-state index contributed by atoms with van der Waals surface area (Å²) in [6, 6.07) is 6.96.